The Labute approximate surface area is 92.3 Å². The van der Waals surface area contributed by atoms with Crippen molar-refractivity contribution in [2.75, 3.05) is 7.11 Å². The molecule has 1 aromatic heterocycles. The van der Waals surface area contributed by atoms with Crippen LogP contribution < -0.4 is 0 Å². The molecule has 0 saturated heterocycles. The number of carbonyl (C=O) groups is 1. The van der Waals surface area contributed by atoms with Crippen molar-refractivity contribution in [3.05, 3.63) is 23.5 Å². The number of methoxy groups -OCH3 is 1. The van der Waals surface area contributed by atoms with Gasteiger partial charge in [-0.15, -0.1) is 0 Å². The van der Waals surface area contributed by atoms with Gasteiger partial charge in [-0.3, -0.25) is 0 Å². The predicted octanol–water partition coefficient (Wildman–Crippen LogP) is 1.37. The number of phenolic OH excluding ortho intramolecular Hbond substituents is 1. The van der Waals surface area contributed by atoms with Crippen LogP contribution in [0.4, 0.5) is 0 Å². The molecule has 0 aliphatic heterocycles. The summed E-state index contributed by atoms with van der Waals surface area (Å²) < 4.78 is 6.41. The van der Waals surface area contributed by atoms with Crippen molar-refractivity contribution in [3.63, 3.8) is 0 Å². The molecule has 1 heterocycles. The zero-order valence-corrected chi connectivity index (χ0v) is 9.31. The number of imidazole rings is 1. The Kier molecular flexibility index (Phi) is 2.30. The fourth-order valence-corrected chi connectivity index (χ4v) is 1.64. The van der Waals surface area contributed by atoms with Gasteiger partial charge in [0.25, 0.3) is 0 Å². The first-order valence-corrected chi connectivity index (χ1v) is 4.79. The fourth-order valence-electron chi connectivity index (χ4n) is 1.64. The van der Waals surface area contributed by atoms with Gasteiger partial charge in [0, 0.05) is 7.05 Å². The van der Waals surface area contributed by atoms with Crippen molar-refractivity contribution in [3.8, 4) is 5.75 Å². The molecule has 84 valence electrons. The van der Waals surface area contributed by atoms with Crippen LogP contribution in [-0.2, 0) is 11.8 Å². The second kappa shape index (κ2) is 3.52. The Morgan fingerprint density at radius 3 is 2.81 bits per heavy atom. The molecule has 1 N–H and O–H groups in total. The maximum absolute atomic E-state index is 11.4. The third kappa shape index (κ3) is 1.32. The number of hydrogen-bond donors (Lipinski definition) is 1. The standard InChI is InChI=1S/C11H12N2O3/c1-6-12-9-8(13(6)2)5-4-7(10(9)14)11(15)16-3/h4-5,14H,1-3H3. The molecular weight excluding hydrogens is 208 g/mol. The summed E-state index contributed by atoms with van der Waals surface area (Å²) in [5.74, 6) is 0.0723. The third-order valence-corrected chi connectivity index (χ3v) is 2.66. The molecule has 0 radical (unpaired) electrons. The number of aromatic hydroxyl groups is 1. The molecule has 0 aliphatic rings. The first kappa shape index (κ1) is 10.5. The van der Waals surface area contributed by atoms with E-state index in [0.29, 0.717) is 5.52 Å². The van der Waals surface area contributed by atoms with Crippen LogP contribution in [0.25, 0.3) is 11.0 Å². The minimum atomic E-state index is -0.567. The minimum Gasteiger partial charge on any atom is -0.505 e. The number of benzene rings is 1. The summed E-state index contributed by atoms with van der Waals surface area (Å²) in [6.07, 6.45) is 0. The summed E-state index contributed by atoms with van der Waals surface area (Å²) in [5.41, 5.74) is 1.33. The number of phenols is 1. The van der Waals surface area contributed by atoms with Gasteiger partial charge >= 0.3 is 5.97 Å². The molecule has 2 aromatic rings. The van der Waals surface area contributed by atoms with E-state index in [2.05, 4.69) is 9.72 Å². The Morgan fingerprint density at radius 2 is 2.19 bits per heavy atom. The van der Waals surface area contributed by atoms with Gasteiger partial charge < -0.3 is 14.4 Å². The van der Waals surface area contributed by atoms with Gasteiger partial charge in [-0.05, 0) is 19.1 Å². The fraction of sp³-hybridized carbons (Fsp3) is 0.273. The smallest absolute Gasteiger partial charge is 0.341 e. The maximum atomic E-state index is 11.4. The van der Waals surface area contributed by atoms with Gasteiger partial charge in [0.05, 0.1) is 12.6 Å². The number of hydrogen-bond acceptors (Lipinski definition) is 4. The van der Waals surface area contributed by atoms with Gasteiger partial charge in [0.2, 0.25) is 0 Å². The molecule has 0 bridgehead atoms. The zero-order valence-electron chi connectivity index (χ0n) is 9.31. The van der Waals surface area contributed by atoms with Gasteiger partial charge in [0.15, 0.2) is 5.75 Å². The topological polar surface area (TPSA) is 64.3 Å². The third-order valence-electron chi connectivity index (χ3n) is 2.66. The van der Waals surface area contributed by atoms with Gasteiger partial charge in [-0.1, -0.05) is 0 Å². The van der Waals surface area contributed by atoms with Crippen LogP contribution in [0.1, 0.15) is 16.2 Å². The highest BCUT2D eigenvalue weighted by Gasteiger charge is 2.17. The van der Waals surface area contributed by atoms with Crippen LogP contribution in [-0.4, -0.2) is 27.7 Å². The summed E-state index contributed by atoms with van der Waals surface area (Å²) in [7, 11) is 3.12. The van der Waals surface area contributed by atoms with E-state index in [1.54, 1.807) is 6.07 Å². The van der Waals surface area contributed by atoms with Crippen LogP contribution in [0.3, 0.4) is 0 Å². The van der Waals surface area contributed by atoms with Crippen LogP contribution in [0, 0.1) is 6.92 Å². The average Bonchev–Trinajstić information content (AvgIpc) is 2.57. The molecular formula is C11H12N2O3. The minimum absolute atomic E-state index is 0.131. The van der Waals surface area contributed by atoms with Crippen LogP contribution in [0.5, 0.6) is 5.75 Å². The highest BCUT2D eigenvalue weighted by Crippen LogP contribution is 2.28. The Balaban J connectivity index is 2.75. The van der Waals surface area contributed by atoms with Crippen molar-refractivity contribution in [1.82, 2.24) is 9.55 Å². The number of aromatic nitrogens is 2. The van der Waals surface area contributed by atoms with E-state index in [4.69, 9.17) is 0 Å². The van der Waals surface area contributed by atoms with Crippen LogP contribution in [0.2, 0.25) is 0 Å². The largest absolute Gasteiger partial charge is 0.505 e. The number of aryl methyl sites for hydroxylation is 2. The van der Waals surface area contributed by atoms with E-state index < -0.39 is 5.97 Å². The summed E-state index contributed by atoms with van der Waals surface area (Å²) in [4.78, 5) is 15.5. The molecule has 5 heteroatoms. The first-order chi connectivity index (χ1) is 7.56. The first-order valence-electron chi connectivity index (χ1n) is 4.79. The average molecular weight is 220 g/mol. The number of nitrogens with zero attached hydrogens (tertiary/aromatic N) is 2. The quantitative estimate of drug-likeness (QED) is 0.737. The number of esters is 1. The molecule has 0 aliphatic carbocycles. The van der Waals surface area contributed by atoms with Crippen molar-refractivity contribution in [2.45, 2.75) is 6.92 Å². The molecule has 0 saturated carbocycles. The van der Waals surface area contributed by atoms with Crippen LogP contribution in [0.15, 0.2) is 12.1 Å². The van der Waals surface area contributed by atoms with E-state index in [0.717, 1.165) is 11.3 Å². The Morgan fingerprint density at radius 1 is 1.50 bits per heavy atom. The summed E-state index contributed by atoms with van der Waals surface area (Å²) in [6.45, 7) is 1.83. The van der Waals surface area contributed by atoms with Gasteiger partial charge in [-0.25, -0.2) is 9.78 Å². The highest BCUT2D eigenvalue weighted by molar-refractivity contribution is 5.99. The zero-order chi connectivity index (χ0) is 11.9. The lowest BCUT2D eigenvalue weighted by Crippen LogP contribution is -2.01. The number of ether oxygens (including phenoxy) is 1. The normalized spacial score (nSPS) is 10.7. The summed E-state index contributed by atoms with van der Waals surface area (Å²) in [6, 6.07) is 3.27. The Hall–Kier alpha value is -2.04. The van der Waals surface area contributed by atoms with E-state index in [-0.39, 0.29) is 11.3 Å². The lowest BCUT2D eigenvalue weighted by molar-refractivity contribution is 0.0597. The molecule has 0 spiro atoms. The monoisotopic (exact) mass is 220 g/mol. The van der Waals surface area contributed by atoms with Crippen molar-refractivity contribution < 1.29 is 14.6 Å². The van der Waals surface area contributed by atoms with Crippen molar-refractivity contribution in [2.24, 2.45) is 7.05 Å². The lowest BCUT2D eigenvalue weighted by atomic mass is 10.1. The molecule has 1 aromatic carbocycles. The van der Waals surface area contributed by atoms with E-state index in [1.807, 2.05) is 18.5 Å². The summed E-state index contributed by atoms with van der Waals surface area (Å²) >= 11 is 0. The molecule has 0 atom stereocenters. The molecule has 16 heavy (non-hydrogen) atoms. The molecule has 5 nitrogen and oxygen atoms in total. The SMILES string of the molecule is COC(=O)c1ccc2c(nc(C)n2C)c1O. The number of carbonyl (C=O) groups excluding carboxylic acids is 1. The van der Waals surface area contributed by atoms with Gasteiger partial charge in [0.1, 0.15) is 16.9 Å². The maximum Gasteiger partial charge on any atom is 0.341 e. The molecule has 0 amide bonds. The van der Waals surface area contributed by atoms with Gasteiger partial charge in [-0.2, -0.15) is 0 Å². The second-order valence-electron chi connectivity index (χ2n) is 3.54. The molecule has 0 unspecified atom stereocenters. The molecule has 0 fully saturated rings. The Bertz CT molecular complexity index is 572. The van der Waals surface area contributed by atoms with E-state index in [9.17, 15) is 9.90 Å². The molecule has 2 rings (SSSR count). The van der Waals surface area contributed by atoms with Crippen LogP contribution >= 0.6 is 0 Å². The van der Waals surface area contributed by atoms with E-state index in [1.165, 1.54) is 13.2 Å². The van der Waals surface area contributed by atoms with Crippen molar-refractivity contribution >= 4 is 17.0 Å². The lowest BCUT2D eigenvalue weighted by Gasteiger charge is -2.03. The predicted molar refractivity (Wildman–Crippen MR) is 58.5 cm³/mol. The highest BCUT2D eigenvalue weighted by atomic mass is 16.5. The van der Waals surface area contributed by atoms with Crippen molar-refractivity contribution in [1.29, 1.82) is 0 Å². The number of rotatable bonds is 1. The summed E-state index contributed by atoms with van der Waals surface area (Å²) in [5, 5.41) is 9.91. The second-order valence-corrected chi connectivity index (χ2v) is 3.54. The van der Waals surface area contributed by atoms with E-state index >= 15 is 0 Å². The number of fused-ring (bicyclic) bond motifs is 1.